The molecule has 3 rings (SSSR count). The molecule has 24 heavy (non-hydrogen) atoms. The number of piperidine rings is 1. The van der Waals surface area contributed by atoms with Gasteiger partial charge >= 0.3 is 6.18 Å². The molecule has 6 nitrogen and oxygen atoms in total. The van der Waals surface area contributed by atoms with Gasteiger partial charge in [-0.15, -0.1) is 0 Å². The minimum absolute atomic E-state index is 0.0859. The molecule has 3 heterocycles. The summed E-state index contributed by atoms with van der Waals surface area (Å²) in [4.78, 5) is 27.8. The maximum atomic E-state index is 12.7. The van der Waals surface area contributed by atoms with Gasteiger partial charge in [-0.25, -0.2) is 15.0 Å². The summed E-state index contributed by atoms with van der Waals surface area (Å²) in [6, 6.07) is 0. The summed E-state index contributed by atoms with van der Waals surface area (Å²) in [5.41, 5.74) is -0.803. The van der Waals surface area contributed by atoms with Crippen molar-refractivity contribution in [2.75, 3.05) is 13.1 Å². The summed E-state index contributed by atoms with van der Waals surface area (Å²) in [5, 5.41) is 0.141. The summed E-state index contributed by atoms with van der Waals surface area (Å²) >= 11 is 5.93. The van der Waals surface area contributed by atoms with Gasteiger partial charge in [0.05, 0.1) is 11.2 Å². The molecule has 0 radical (unpaired) electrons. The van der Waals surface area contributed by atoms with Gasteiger partial charge in [0.2, 0.25) is 0 Å². The van der Waals surface area contributed by atoms with Crippen molar-refractivity contribution >= 4 is 17.5 Å². The Morgan fingerprint density at radius 3 is 2.79 bits per heavy atom. The van der Waals surface area contributed by atoms with Crippen molar-refractivity contribution in [3.05, 3.63) is 41.0 Å². The fourth-order valence-corrected chi connectivity index (χ4v) is 2.88. The molecular formula is C14H13ClF3N5O. The van der Waals surface area contributed by atoms with E-state index in [4.69, 9.17) is 11.6 Å². The number of carbonyl (C=O) groups excluding carboxylic acids is 1. The van der Waals surface area contributed by atoms with Crippen LogP contribution in [-0.4, -0.2) is 43.8 Å². The summed E-state index contributed by atoms with van der Waals surface area (Å²) in [7, 11) is 0. The van der Waals surface area contributed by atoms with E-state index in [0.29, 0.717) is 19.4 Å². The smallest absolute Gasteiger partial charge is 0.338 e. The lowest BCUT2D eigenvalue weighted by molar-refractivity contribution is -0.141. The lowest BCUT2D eigenvalue weighted by atomic mass is 9.97. The van der Waals surface area contributed by atoms with Crippen molar-refractivity contribution in [3.8, 4) is 0 Å². The molecule has 128 valence electrons. The van der Waals surface area contributed by atoms with E-state index in [0.717, 1.165) is 6.20 Å². The van der Waals surface area contributed by atoms with E-state index in [2.05, 4.69) is 19.9 Å². The molecular weight excluding hydrogens is 347 g/mol. The van der Waals surface area contributed by atoms with Crippen LogP contribution in [0, 0.1) is 0 Å². The van der Waals surface area contributed by atoms with E-state index in [1.807, 2.05) is 0 Å². The third kappa shape index (κ3) is 3.35. The molecule has 0 bridgehead atoms. The molecule has 1 fully saturated rings. The van der Waals surface area contributed by atoms with Gasteiger partial charge in [0.1, 0.15) is 23.5 Å². The quantitative estimate of drug-likeness (QED) is 0.894. The zero-order chi connectivity index (χ0) is 17.3. The normalized spacial score (nSPS) is 18.7. The Balaban J connectivity index is 1.76. The minimum Gasteiger partial charge on any atom is -0.338 e. The zero-order valence-electron chi connectivity index (χ0n) is 12.3. The van der Waals surface area contributed by atoms with Crippen LogP contribution in [0.1, 0.15) is 40.8 Å². The van der Waals surface area contributed by atoms with E-state index in [1.165, 1.54) is 17.4 Å². The highest BCUT2D eigenvalue weighted by Gasteiger charge is 2.35. The molecule has 0 saturated carbocycles. The van der Waals surface area contributed by atoms with Gasteiger partial charge in [-0.2, -0.15) is 13.2 Å². The molecule has 0 aromatic carbocycles. The largest absolute Gasteiger partial charge is 0.432 e. The number of amides is 1. The third-order valence-corrected chi connectivity index (χ3v) is 4.14. The van der Waals surface area contributed by atoms with Crippen LogP contribution in [0.3, 0.4) is 0 Å². The molecule has 2 aromatic rings. The molecule has 1 aliphatic rings. The number of carbonyl (C=O) groups is 1. The summed E-state index contributed by atoms with van der Waals surface area (Å²) in [6.07, 6.45) is 0.155. The fourth-order valence-electron chi connectivity index (χ4n) is 2.69. The number of halogens is 4. The predicted octanol–water partition coefficient (Wildman–Crippen LogP) is 2.89. The van der Waals surface area contributed by atoms with Crippen LogP contribution >= 0.6 is 11.6 Å². The van der Waals surface area contributed by atoms with Crippen molar-refractivity contribution in [2.24, 2.45) is 0 Å². The van der Waals surface area contributed by atoms with Crippen LogP contribution < -0.4 is 0 Å². The SMILES string of the molecule is O=C(c1ncncc1Cl)N1CCC[C@@H](c2ncc(C(F)(F)F)[nH]2)C1. The first-order chi connectivity index (χ1) is 11.4. The molecule has 1 saturated heterocycles. The second-order valence-electron chi connectivity index (χ2n) is 5.49. The summed E-state index contributed by atoms with van der Waals surface area (Å²) in [6.45, 7) is 0.743. The van der Waals surface area contributed by atoms with E-state index < -0.39 is 11.9 Å². The average Bonchev–Trinajstić information content (AvgIpc) is 3.05. The number of imidazole rings is 1. The van der Waals surface area contributed by atoms with Gasteiger partial charge in [0.25, 0.3) is 5.91 Å². The number of aromatic amines is 1. The Hall–Kier alpha value is -2.16. The van der Waals surface area contributed by atoms with E-state index in [9.17, 15) is 18.0 Å². The molecule has 0 unspecified atom stereocenters. The van der Waals surface area contributed by atoms with Crippen LogP contribution in [-0.2, 0) is 6.18 Å². The highest BCUT2D eigenvalue weighted by Crippen LogP contribution is 2.31. The van der Waals surface area contributed by atoms with Gasteiger partial charge in [0.15, 0.2) is 0 Å². The van der Waals surface area contributed by atoms with E-state index >= 15 is 0 Å². The number of alkyl halides is 3. The Kier molecular flexibility index (Phi) is 4.44. The van der Waals surface area contributed by atoms with Crippen LogP contribution in [0.4, 0.5) is 13.2 Å². The first kappa shape index (κ1) is 16.7. The monoisotopic (exact) mass is 359 g/mol. The molecule has 0 spiro atoms. The number of likely N-dealkylation sites (tertiary alicyclic amines) is 1. The lowest BCUT2D eigenvalue weighted by Gasteiger charge is -2.31. The molecule has 1 aliphatic heterocycles. The Morgan fingerprint density at radius 1 is 1.33 bits per heavy atom. The predicted molar refractivity (Wildman–Crippen MR) is 78.5 cm³/mol. The summed E-state index contributed by atoms with van der Waals surface area (Å²) in [5.74, 6) is -0.428. The van der Waals surface area contributed by atoms with Gasteiger partial charge in [-0.05, 0) is 12.8 Å². The number of hydrogen-bond acceptors (Lipinski definition) is 4. The number of nitrogens with zero attached hydrogens (tertiary/aromatic N) is 4. The van der Waals surface area contributed by atoms with Crippen LogP contribution in [0.2, 0.25) is 5.02 Å². The average molecular weight is 360 g/mol. The molecule has 1 atom stereocenters. The maximum absolute atomic E-state index is 12.7. The Bertz CT molecular complexity index is 748. The van der Waals surface area contributed by atoms with E-state index in [-0.39, 0.29) is 34.9 Å². The number of rotatable bonds is 2. The second kappa shape index (κ2) is 6.39. The van der Waals surface area contributed by atoms with Gasteiger partial charge in [-0.1, -0.05) is 11.6 Å². The molecule has 1 amide bonds. The van der Waals surface area contributed by atoms with Crippen molar-refractivity contribution < 1.29 is 18.0 Å². The lowest BCUT2D eigenvalue weighted by Crippen LogP contribution is -2.39. The highest BCUT2D eigenvalue weighted by atomic mass is 35.5. The third-order valence-electron chi connectivity index (χ3n) is 3.87. The van der Waals surface area contributed by atoms with Crippen molar-refractivity contribution in [2.45, 2.75) is 24.9 Å². The number of nitrogens with one attached hydrogen (secondary N) is 1. The molecule has 1 N–H and O–H groups in total. The Morgan fingerprint density at radius 2 is 2.12 bits per heavy atom. The molecule has 10 heteroatoms. The van der Waals surface area contributed by atoms with Gasteiger partial charge < -0.3 is 9.88 Å². The topological polar surface area (TPSA) is 74.8 Å². The fraction of sp³-hybridized carbons (Fsp3) is 0.429. The maximum Gasteiger partial charge on any atom is 0.432 e. The van der Waals surface area contributed by atoms with Crippen LogP contribution in [0.15, 0.2) is 18.7 Å². The van der Waals surface area contributed by atoms with Crippen LogP contribution in [0.5, 0.6) is 0 Å². The molecule has 0 aliphatic carbocycles. The zero-order valence-corrected chi connectivity index (χ0v) is 13.1. The van der Waals surface area contributed by atoms with Gasteiger partial charge in [0, 0.05) is 25.2 Å². The van der Waals surface area contributed by atoms with Crippen molar-refractivity contribution in [3.63, 3.8) is 0 Å². The first-order valence-electron chi connectivity index (χ1n) is 7.23. The number of hydrogen-bond donors (Lipinski definition) is 1. The van der Waals surface area contributed by atoms with E-state index in [1.54, 1.807) is 0 Å². The number of aromatic nitrogens is 4. The second-order valence-corrected chi connectivity index (χ2v) is 5.90. The molecule has 2 aromatic heterocycles. The van der Waals surface area contributed by atoms with Gasteiger partial charge in [-0.3, -0.25) is 4.79 Å². The van der Waals surface area contributed by atoms with Crippen molar-refractivity contribution in [1.29, 1.82) is 0 Å². The van der Waals surface area contributed by atoms with Crippen LogP contribution in [0.25, 0.3) is 0 Å². The summed E-state index contributed by atoms with van der Waals surface area (Å²) < 4.78 is 38.0. The standard InChI is InChI=1S/C14H13ClF3N5O/c15-9-4-19-7-21-11(9)13(24)23-3-1-2-8(6-23)12-20-5-10(22-12)14(16,17)18/h4-5,7-8H,1-3,6H2,(H,20,22)/t8-/m1/s1. The minimum atomic E-state index is -4.47. The van der Waals surface area contributed by atoms with Crippen molar-refractivity contribution in [1.82, 2.24) is 24.8 Å². The Labute approximate surface area is 140 Å². The first-order valence-corrected chi connectivity index (χ1v) is 7.61. The highest BCUT2D eigenvalue weighted by molar-refractivity contribution is 6.33. The number of H-pyrrole nitrogens is 1.